The molecular formula is C11H9BrO3. The first-order chi connectivity index (χ1) is 7.24. The minimum absolute atomic E-state index is 0.155. The van der Waals surface area contributed by atoms with Crippen LogP contribution >= 0.6 is 15.9 Å². The first-order valence-corrected chi connectivity index (χ1v) is 5.26. The van der Waals surface area contributed by atoms with Gasteiger partial charge in [-0.2, -0.15) is 0 Å². The van der Waals surface area contributed by atoms with E-state index in [0.717, 1.165) is 0 Å². The Morgan fingerprint density at radius 1 is 1.60 bits per heavy atom. The fraction of sp³-hybridized carbons (Fsp3) is 0.182. The fourth-order valence-electron chi connectivity index (χ4n) is 1.11. The number of ether oxygens (including phenoxy) is 1. The molecule has 0 aliphatic carbocycles. The molecule has 0 saturated carbocycles. The van der Waals surface area contributed by atoms with Crippen LogP contribution < -0.4 is 4.74 Å². The fourth-order valence-corrected chi connectivity index (χ4v) is 1.25. The number of methoxy groups -OCH3 is 1. The summed E-state index contributed by atoms with van der Waals surface area (Å²) in [6, 6.07) is 3.21. The Balaban J connectivity index is 3.30. The summed E-state index contributed by atoms with van der Waals surface area (Å²) in [5, 5.41) is 10.1. The number of carbonyl (C=O) groups excluding carboxylic acids is 1. The second-order valence-corrected chi connectivity index (χ2v) is 3.19. The predicted molar refractivity (Wildman–Crippen MR) is 60.7 cm³/mol. The van der Waals surface area contributed by atoms with Gasteiger partial charge < -0.3 is 9.84 Å². The summed E-state index contributed by atoms with van der Waals surface area (Å²) >= 11 is 3.15. The number of halogens is 1. The van der Waals surface area contributed by atoms with Crippen LogP contribution in [0.15, 0.2) is 12.1 Å². The molecule has 0 unspecified atom stereocenters. The Bertz CT molecular complexity index is 429. The zero-order valence-corrected chi connectivity index (χ0v) is 9.67. The van der Waals surface area contributed by atoms with Crippen molar-refractivity contribution in [1.29, 1.82) is 0 Å². The maximum atomic E-state index is 10.8. The molecular weight excluding hydrogens is 260 g/mol. The van der Waals surface area contributed by atoms with Crippen molar-refractivity contribution in [2.24, 2.45) is 0 Å². The van der Waals surface area contributed by atoms with Crippen molar-refractivity contribution in [3.05, 3.63) is 23.3 Å². The summed E-state index contributed by atoms with van der Waals surface area (Å²) < 4.78 is 4.88. The maximum absolute atomic E-state index is 10.8. The van der Waals surface area contributed by atoms with Gasteiger partial charge in [-0.05, 0) is 12.1 Å². The molecule has 0 bridgehead atoms. The van der Waals surface area contributed by atoms with Crippen molar-refractivity contribution in [2.45, 2.75) is 0 Å². The maximum Gasteiger partial charge on any atom is 0.169 e. The van der Waals surface area contributed by atoms with Crippen molar-refractivity contribution in [1.82, 2.24) is 0 Å². The highest BCUT2D eigenvalue weighted by Crippen LogP contribution is 2.30. The van der Waals surface area contributed by atoms with Crippen LogP contribution in [0.3, 0.4) is 0 Å². The number of rotatable bonds is 2. The molecule has 3 nitrogen and oxygen atoms in total. The van der Waals surface area contributed by atoms with Crippen LogP contribution in [0.25, 0.3) is 0 Å². The smallest absolute Gasteiger partial charge is 0.169 e. The number of hydrogen-bond donors (Lipinski definition) is 1. The number of alkyl halides is 1. The number of benzene rings is 1. The van der Waals surface area contributed by atoms with Crippen LogP contribution in [-0.2, 0) is 0 Å². The van der Waals surface area contributed by atoms with E-state index < -0.39 is 0 Å². The second kappa shape index (κ2) is 5.42. The largest absolute Gasteiger partial charge is 0.504 e. The molecule has 1 aromatic rings. The molecule has 0 heterocycles. The lowest BCUT2D eigenvalue weighted by atomic mass is 10.1. The number of phenols is 1. The SMILES string of the molecule is COc1ccc(C#CCBr)c(C=O)c1O. The molecule has 0 atom stereocenters. The van der Waals surface area contributed by atoms with Gasteiger partial charge >= 0.3 is 0 Å². The first-order valence-electron chi connectivity index (χ1n) is 4.14. The van der Waals surface area contributed by atoms with Gasteiger partial charge in [0.25, 0.3) is 0 Å². The Kier molecular flexibility index (Phi) is 4.19. The van der Waals surface area contributed by atoms with E-state index in [0.29, 0.717) is 17.2 Å². The average Bonchev–Trinajstić information content (AvgIpc) is 2.26. The van der Waals surface area contributed by atoms with Gasteiger partial charge in [0.15, 0.2) is 17.8 Å². The van der Waals surface area contributed by atoms with Gasteiger partial charge in [0, 0.05) is 5.56 Å². The van der Waals surface area contributed by atoms with E-state index in [1.807, 2.05) is 0 Å². The highest BCUT2D eigenvalue weighted by Gasteiger charge is 2.10. The minimum atomic E-state index is -0.172. The summed E-state index contributed by atoms with van der Waals surface area (Å²) in [5.74, 6) is 5.62. The van der Waals surface area contributed by atoms with E-state index in [1.165, 1.54) is 7.11 Å². The average molecular weight is 269 g/mol. The Labute approximate surface area is 96.2 Å². The third-order valence-electron chi connectivity index (χ3n) is 1.81. The topological polar surface area (TPSA) is 46.5 Å². The molecule has 4 heteroatoms. The normalized spacial score (nSPS) is 8.93. The number of phenolic OH excluding ortho intramolecular Hbond substituents is 1. The molecule has 15 heavy (non-hydrogen) atoms. The lowest BCUT2D eigenvalue weighted by Gasteiger charge is -2.06. The number of aromatic hydroxyl groups is 1. The van der Waals surface area contributed by atoms with Gasteiger partial charge in [-0.15, -0.1) is 0 Å². The van der Waals surface area contributed by atoms with Crippen LogP contribution in [-0.4, -0.2) is 23.8 Å². The Morgan fingerprint density at radius 2 is 2.33 bits per heavy atom. The second-order valence-electron chi connectivity index (χ2n) is 2.63. The molecule has 0 aromatic heterocycles. The van der Waals surface area contributed by atoms with Crippen LogP contribution in [0, 0.1) is 11.8 Å². The van der Waals surface area contributed by atoms with E-state index in [2.05, 4.69) is 27.8 Å². The number of aldehydes is 1. The molecule has 0 aliphatic heterocycles. The highest BCUT2D eigenvalue weighted by atomic mass is 79.9. The summed E-state index contributed by atoms with van der Waals surface area (Å²) in [5.41, 5.74) is 0.644. The minimum Gasteiger partial charge on any atom is -0.504 e. The molecule has 1 rings (SSSR count). The zero-order chi connectivity index (χ0) is 11.3. The van der Waals surface area contributed by atoms with E-state index in [9.17, 15) is 9.90 Å². The van der Waals surface area contributed by atoms with E-state index in [4.69, 9.17) is 4.74 Å². The predicted octanol–water partition coefficient (Wildman–Crippen LogP) is 1.96. The molecule has 0 fully saturated rings. The molecule has 0 radical (unpaired) electrons. The van der Waals surface area contributed by atoms with Crippen molar-refractivity contribution in [3.63, 3.8) is 0 Å². The lowest BCUT2D eigenvalue weighted by molar-refractivity contribution is 0.112. The molecule has 1 N–H and O–H groups in total. The summed E-state index contributed by atoms with van der Waals surface area (Å²) in [6.07, 6.45) is 0.566. The van der Waals surface area contributed by atoms with Crippen LogP contribution in [0.5, 0.6) is 11.5 Å². The van der Waals surface area contributed by atoms with Crippen molar-refractivity contribution in [2.75, 3.05) is 12.4 Å². The number of hydrogen-bond acceptors (Lipinski definition) is 3. The monoisotopic (exact) mass is 268 g/mol. The molecule has 1 aromatic carbocycles. The number of carbonyl (C=O) groups is 1. The van der Waals surface area contributed by atoms with Crippen LogP contribution in [0.2, 0.25) is 0 Å². The molecule has 0 aliphatic rings. The molecule has 0 amide bonds. The van der Waals surface area contributed by atoms with Gasteiger partial charge in [0.2, 0.25) is 0 Å². The van der Waals surface area contributed by atoms with E-state index >= 15 is 0 Å². The quantitative estimate of drug-likeness (QED) is 0.507. The standard InChI is InChI=1S/C11H9BrO3/c1-15-10-5-4-8(3-2-6-12)9(7-13)11(10)14/h4-5,7,14H,6H2,1H3. The lowest BCUT2D eigenvalue weighted by Crippen LogP contribution is -1.92. The molecule has 0 spiro atoms. The van der Waals surface area contributed by atoms with Crippen molar-refractivity contribution >= 4 is 22.2 Å². The summed E-state index contributed by atoms with van der Waals surface area (Å²) in [4.78, 5) is 10.8. The van der Waals surface area contributed by atoms with Crippen LogP contribution in [0.1, 0.15) is 15.9 Å². The Morgan fingerprint density at radius 3 is 2.87 bits per heavy atom. The Hall–Kier alpha value is -1.47. The third-order valence-corrected chi connectivity index (χ3v) is 2.09. The van der Waals surface area contributed by atoms with Gasteiger partial charge in [0.05, 0.1) is 18.0 Å². The summed E-state index contributed by atoms with van der Waals surface area (Å²) in [6.45, 7) is 0. The van der Waals surface area contributed by atoms with Gasteiger partial charge in [-0.25, -0.2) is 0 Å². The van der Waals surface area contributed by atoms with E-state index in [1.54, 1.807) is 12.1 Å². The van der Waals surface area contributed by atoms with Crippen molar-refractivity contribution < 1.29 is 14.6 Å². The highest BCUT2D eigenvalue weighted by molar-refractivity contribution is 9.09. The third kappa shape index (κ3) is 2.51. The van der Waals surface area contributed by atoms with Gasteiger partial charge in [-0.3, -0.25) is 4.79 Å². The molecule has 78 valence electrons. The summed E-state index contributed by atoms with van der Waals surface area (Å²) in [7, 11) is 1.42. The zero-order valence-electron chi connectivity index (χ0n) is 8.08. The first kappa shape index (κ1) is 11.6. The van der Waals surface area contributed by atoms with Gasteiger partial charge in [0.1, 0.15) is 0 Å². The molecule has 0 saturated heterocycles. The van der Waals surface area contributed by atoms with Crippen LogP contribution in [0.4, 0.5) is 0 Å². The van der Waals surface area contributed by atoms with E-state index in [-0.39, 0.29) is 17.1 Å². The van der Waals surface area contributed by atoms with Gasteiger partial charge in [-0.1, -0.05) is 27.8 Å². The van der Waals surface area contributed by atoms with Crippen molar-refractivity contribution in [3.8, 4) is 23.3 Å².